The van der Waals surface area contributed by atoms with Crippen molar-refractivity contribution in [1.29, 1.82) is 5.26 Å². The second-order valence-corrected chi connectivity index (χ2v) is 13.0. The molecule has 1 aliphatic heterocycles. The number of benzene rings is 3. The number of rotatable bonds is 16. The number of methoxy groups -OCH3 is 2. The van der Waals surface area contributed by atoms with Crippen molar-refractivity contribution in [2.45, 2.75) is 76.1 Å². The van der Waals surface area contributed by atoms with Gasteiger partial charge in [-0.3, -0.25) is 0 Å². The number of aliphatic hydroxyl groups excluding tert-OH is 1. The third kappa shape index (κ3) is 8.10. The van der Waals surface area contributed by atoms with Gasteiger partial charge in [0, 0.05) is 18.1 Å². The van der Waals surface area contributed by atoms with Crippen molar-refractivity contribution < 1.29 is 33.1 Å². The third-order valence-electron chi connectivity index (χ3n) is 7.88. The molecule has 2 radical (unpaired) electrons. The highest BCUT2D eigenvalue weighted by molar-refractivity contribution is 7.44. The van der Waals surface area contributed by atoms with Gasteiger partial charge >= 0.3 is 0 Å². The predicted octanol–water partition coefficient (Wildman–Crippen LogP) is 5.93. The van der Waals surface area contributed by atoms with Crippen LogP contribution in [0.25, 0.3) is 0 Å². The molecule has 0 aliphatic carbocycles. The van der Waals surface area contributed by atoms with Crippen molar-refractivity contribution in [1.82, 2.24) is 4.67 Å². The van der Waals surface area contributed by atoms with Crippen molar-refractivity contribution in [2.24, 2.45) is 0 Å². The molecule has 0 bridgehead atoms. The monoisotopic (exact) mass is 646 g/mol. The van der Waals surface area contributed by atoms with Gasteiger partial charge in [-0.05, 0) is 68.7 Å². The number of aliphatic hydroxyl groups is 1. The molecule has 1 saturated heterocycles. The lowest BCUT2D eigenvalue weighted by molar-refractivity contribution is -0.0724. The van der Waals surface area contributed by atoms with Crippen molar-refractivity contribution in [3.8, 4) is 17.6 Å². The molecule has 1 unspecified atom stereocenters. The molecule has 0 saturated carbocycles. The van der Waals surface area contributed by atoms with Crippen molar-refractivity contribution in [3.05, 3.63) is 95.6 Å². The summed E-state index contributed by atoms with van der Waals surface area (Å²) in [5.41, 5.74) is 1.51. The van der Waals surface area contributed by atoms with Crippen LogP contribution in [0.1, 0.15) is 50.8 Å². The number of nitriles is 1. The molecule has 0 amide bonds. The molecule has 3 aromatic rings. The van der Waals surface area contributed by atoms with E-state index in [1.807, 2.05) is 78.9 Å². The summed E-state index contributed by atoms with van der Waals surface area (Å²) in [6, 6.07) is 26.7. The van der Waals surface area contributed by atoms with Gasteiger partial charge in [-0.1, -0.05) is 54.6 Å². The van der Waals surface area contributed by atoms with Crippen molar-refractivity contribution >= 4 is 16.4 Å². The van der Waals surface area contributed by atoms with E-state index in [-0.39, 0.29) is 31.7 Å². The molecule has 11 heteroatoms. The summed E-state index contributed by atoms with van der Waals surface area (Å²) in [4.78, 5) is 0. The second kappa shape index (κ2) is 16.7. The fourth-order valence-electron chi connectivity index (χ4n) is 5.71. The minimum Gasteiger partial charge on any atom is -0.497 e. The zero-order valence-electron chi connectivity index (χ0n) is 27.4. The summed E-state index contributed by atoms with van der Waals surface area (Å²) >= 11 is 0. The average molecular weight is 647 g/mol. The highest BCUT2D eigenvalue weighted by atomic mass is 31.2. The van der Waals surface area contributed by atoms with E-state index in [4.69, 9.17) is 41.1 Å². The smallest absolute Gasteiger partial charge is 0.259 e. The Labute approximate surface area is 275 Å². The molecule has 46 heavy (non-hydrogen) atoms. The zero-order valence-corrected chi connectivity index (χ0v) is 28.3. The Kier molecular flexibility index (Phi) is 13.0. The van der Waals surface area contributed by atoms with Gasteiger partial charge in [0.2, 0.25) is 0 Å². The standard InChI is InChI=1S/C35H44BN2O7P/c1-24(2)38(25(3)4)46(43-22-10-21-37)45-33-31(44-34(36)32(33)39)23-42-35(26-11-8-7-9-12-26,27-13-17-29(40-5)18-14-27)28-15-19-30(41-6)20-16-28/h7-9,11-20,24-25,31-34,39H,10,22-23H2,1-6H3/t31-,32+,33-,34-,46?/m1/s1. The SMILES string of the molecule is [B][C@@H]1O[C@H](COC(c2ccccc2)(c2ccc(OC)cc2)c2ccc(OC)cc2)[C@@H](OP(OCCC#N)N(C(C)C)C(C)C)[C@@H]1O. The van der Waals surface area contributed by atoms with Gasteiger partial charge in [0.05, 0.1) is 39.9 Å². The normalized spacial score (nSPS) is 20.6. The lowest BCUT2D eigenvalue weighted by atomic mass is 9.80. The van der Waals surface area contributed by atoms with Crippen LogP contribution in [-0.2, 0) is 24.1 Å². The number of ether oxygens (including phenoxy) is 4. The average Bonchev–Trinajstić information content (AvgIpc) is 3.33. The van der Waals surface area contributed by atoms with E-state index < -0.39 is 38.4 Å². The molecule has 1 aliphatic rings. The topological polar surface area (TPSA) is 103 Å². The number of hydrogen-bond donors (Lipinski definition) is 1. The fraction of sp³-hybridized carbons (Fsp3) is 0.457. The summed E-state index contributed by atoms with van der Waals surface area (Å²) in [6.45, 7) is 8.43. The molecule has 1 N–H and O–H groups in total. The van der Waals surface area contributed by atoms with E-state index in [9.17, 15) is 5.11 Å². The van der Waals surface area contributed by atoms with Crippen molar-refractivity contribution in [3.63, 3.8) is 0 Å². The van der Waals surface area contributed by atoms with Gasteiger partial charge < -0.3 is 33.1 Å². The Balaban J connectivity index is 1.75. The Bertz CT molecular complexity index is 1330. The van der Waals surface area contributed by atoms with E-state index in [1.54, 1.807) is 14.2 Å². The van der Waals surface area contributed by atoms with E-state index >= 15 is 0 Å². The van der Waals surface area contributed by atoms with Crippen LogP contribution in [-0.4, -0.2) is 81.5 Å². The lowest BCUT2D eigenvalue weighted by Gasteiger charge is -2.39. The van der Waals surface area contributed by atoms with Gasteiger partial charge in [0.25, 0.3) is 8.53 Å². The van der Waals surface area contributed by atoms with E-state index in [1.165, 1.54) is 0 Å². The lowest BCUT2D eigenvalue weighted by Crippen LogP contribution is -2.42. The third-order valence-corrected chi connectivity index (χ3v) is 10.0. The summed E-state index contributed by atoms with van der Waals surface area (Å²) < 4.78 is 38.9. The molecule has 3 aromatic carbocycles. The summed E-state index contributed by atoms with van der Waals surface area (Å²) in [5, 5.41) is 20.4. The largest absolute Gasteiger partial charge is 0.497 e. The second-order valence-electron chi connectivity index (χ2n) is 11.6. The van der Waals surface area contributed by atoms with Gasteiger partial charge in [-0.15, -0.1) is 0 Å². The molecule has 1 fully saturated rings. The first-order valence-corrected chi connectivity index (χ1v) is 16.6. The Hall–Kier alpha value is -3.00. The summed E-state index contributed by atoms with van der Waals surface area (Å²) in [6.07, 6.45) is -2.52. The van der Waals surface area contributed by atoms with Crippen LogP contribution >= 0.6 is 8.53 Å². The van der Waals surface area contributed by atoms with Crippen LogP contribution in [0, 0.1) is 11.3 Å². The van der Waals surface area contributed by atoms with Crippen LogP contribution in [0.5, 0.6) is 11.5 Å². The molecule has 9 nitrogen and oxygen atoms in total. The molecule has 5 atom stereocenters. The van der Waals surface area contributed by atoms with Crippen molar-refractivity contribution in [2.75, 3.05) is 27.4 Å². The summed E-state index contributed by atoms with van der Waals surface area (Å²) in [5.74, 6) is 1.43. The molecular formula is C35H44BN2O7P. The maximum Gasteiger partial charge on any atom is 0.259 e. The fourth-order valence-corrected chi connectivity index (χ4v) is 7.48. The van der Waals surface area contributed by atoms with E-state index in [0.29, 0.717) is 11.5 Å². The van der Waals surface area contributed by atoms with Gasteiger partial charge in [0.1, 0.15) is 43.3 Å². The molecule has 1 heterocycles. The van der Waals surface area contributed by atoms with Gasteiger partial charge in [0.15, 0.2) is 0 Å². The Morgan fingerprint density at radius 1 is 0.891 bits per heavy atom. The predicted molar refractivity (Wildman–Crippen MR) is 179 cm³/mol. The van der Waals surface area contributed by atoms with Gasteiger partial charge in [-0.25, -0.2) is 4.67 Å². The van der Waals surface area contributed by atoms with Gasteiger partial charge in [-0.2, -0.15) is 5.26 Å². The van der Waals surface area contributed by atoms with E-state index in [0.717, 1.165) is 16.7 Å². The first-order chi connectivity index (χ1) is 22.2. The zero-order chi connectivity index (χ0) is 33.3. The minimum atomic E-state index is -1.68. The Morgan fingerprint density at radius 3 is 1.89 bits per heavy atom. The number of nitrogens with zero attached hydrogens (tertiary/aromatic N) is 2. The number of hydrogen-bond acceptors (Lipinski definition) is 9. The maximum atomic E-state index is 11.2. The first kappa shape index (κ1) is 35.9. The highest BCUT2D eigenvalue weighted by Gasteiger charge is 2.47. The van der Waals surface area contributed by atoms with Crippen LogP contribution in [0.2, 0.25) is 0 Å². The minimum absolute atomic E-state index is 0.0209. The Morgan fingerprint density at radius 2 is 1.41 bits per heavy atom. The molecule has 244 valence electrons. The van der Waals surface area contributed by atoms with Crippen LogP contribution in [0.3, 0.4) is 0 Å². The van der Waals surface area contributed by atoms with Crippen LogP contribution in [0.4, 0.5) is 0 Å². The van der Waals surface area contributed by atoms with Crippen LogP contribution < -0.4 is 9.47 Å². The molecular weight excluding hydrogens is 602 g/mol. The molecule has 0 aromatic heterocycles. The maximum absolute atomic E-state index is 11.2. The highest BCUT2D eigenvalue weighted by Crippen LogP contribution is 2.49. The molecule has 0 spiro atoms. The van der Waals surface area contributed by atoms with E-state index in [2.05, 4.69) is 38.4 Å². The quantitative estimate of drug-likeness (QED) is 0.0879. The molecule has 4 rings (SSSR count). The summed E-state index contributed by atoms with van der Waals surface area (Å²) in [7, 11) is 7.84. The van der Waals surface area contributed by atoms with Crippen LogP contribution in [0.15, 0.2) is 78.9 Å². The first-order valence-electron chi connectivity index (χ1n) is 15.5.